The predicted molar refractivity (Wildman–Crippen MR) is 145 cm³/mol. The predicted octanol–water partition coefficient (Wildman–Crippen LogP) is 5.23. The molecular weight excluding hydrogens is 460 g/mol. The normalized spacial score (nSPS) is 22.5. The minimum absolute atomic E-state index is 0.0351. The van der Waals surface area contributed by atoms with E-state index in [4.69, 9.17) is 4.74 Å². The molecule has 2 saturated heterocycles. The van der Waals surface area contributed by atoms with Crippen LogP contribution in [0, 0.1) is 0 Å². The fourth-order valence-electron chi connectivity index (χ4n) is 6.17. The van der Waals surface area contributed by atoms with E-state index in [1.165, 1.54) is 19.1 Å². The second-order valence-corrected chi connectivity index (χ2v) is 10.2. The number of esters is 1. The van der Waals surface area contributed by atoms with Crippen molar-refractivity contribution in [3.05, 3.63) is 108 Å². The number of carbonyl (C=O) groups is 2. The largest absolute Gasteiger partial charge is 0.467 e. The summed E-state index contributed by atoms with van der Waals surface area (Å²) in [6, 6.07) is 30.1. The highest BCUT2D eigenvalue weighted by Gasteiger charge is 2.42. The van der Waals surface area contributed by atoms with Crippen molar-refractivity contribution in [2.45, 2.75) is 49.6 Å². The lowest BCUT2D eigenvalue weighted by atomic mass is 9.86. The summed E-state index contributed by atoms with van der Waals surface area (Å²) in [7, 11) is 1.42. The van der Waals surface area contributed by atoms with Gasteiger partial charge in [0.25, 0.3) is 0 Å². The molecule has 1 unspecified atom stereocenters. The molecule has 3 aromatic carbocycles. The molecule has 0 saturated carbocycles. The van der Waals surface area contributed by atoms with Crippen molar-refractivity contribution < 1.29 is 14.3 Å². The van der Waals surface area contributed by atoms with Gasteiger partial charge in [0, 0.05) is 19.1 Å². The molecule has 0 bridgehead atoms. The van der Waals surface area contributed by atoms with Crippen LogP contribution in [0.4, 0.5) is 0 Å². The van der Waals surface area contributed by atoms with Gasteiger partial charge in [-0.1, -0.05) is 91.0 Å². The summed E-state index contributed by atoms with van der Waals surface area (Å²) in [6.45, 7) is 2.58. The van der Waals surface area contributed by atoms with Crippen LogP contribution in [0.5, 0.6) is 0 Å². The summed E-state index contributed by atoms with van der Waals surface area (Å²) < 4.78 is 5.24. The topological polar surface area (TPSA) is 49.9 Å². The Hall–Kier alpha value is -3.44. The molecule has 0 radical (unpaired) electrons. The standard InChI is InChI=1S/C32H36N2O3/c1-37-32(36)29-22-28(33-20-11-18-27(23-33)24-12-5-2-6-13-24)19-21-34(29)31(35)30(25-14-7-3-8-15-25)26-16-9-4-10-17-26/h2-10,12-17,27-30H,11,18-23H2,1H3/t27-,28+,29?/m1/s1. The van der Waals surface area contributed by atoms with Crippen LogP contribution in [0.15, 0.2) is 91.0 Å². The van der Waals surface area contributed by atoms with Crippen molar-refractivity contribution in [1.82, 2.24) is 9.80 Å². The smallest absolute Gasteiger partial charge is 0.328 e. The first-order chi connectivity index (χ1) is 18.2. The van der Waals surface area contributed by atoms with Crippen molar-refractivity contribution in [3.63, 3.8) is 0 Å². The van der Waals surface area contributed by atoms with E-state index in [0.29, 0.717) is 18.9 Å². The minimum Gasteiger partial charge on any atom is -0.467 e. The molecule has 5 nitrogen and oxygen atoms in total. The third-order valence-corrected chi connectivity index (χ3v) is 8.08. The maximum Gasteiger partial charge on any atom is 0.328 e. The zero-order valence-corrected chi connectivity index (χ0v) is 21.5. The summed E-state index contributed by atoms with van der Waals surface area (Å²) in [6.07, 6.45) is 3.80. The van der Waals surface area contributed by atoms with Crippen LogP contribution in [0.25, 0.3) is 0 Å². The van der Waals surface area contributed by atoms with Crippen LogP contribution < -0.4 is 0 Å². The van der Waals surface area contributed by atoms with E-state index in [1.807, 2.05) is 60.7 Å². The van der Waals surface area contributed by atoms with E-state index in [9.17, 15) is 9.59 Å². The van der Waals surface area contributed by atoms with Gasteiger partial charge in [0.2, 0.25) is 5.91 Å². The third-order valence-electron chi connectivity index (χ3n) is 8.08. The fourth-order valence-corrected chi connectivity index (χ4v) is 6.17. The molecular formula is C32H36N2O3. The Morgan fingerprint density at radius 1 is 0.811 bits per heavy atom. The number of rotatable bonds is 6. The number of nitrogens with zero attached hydrogens (tertiary/aromatic N) is 2. The Bertz CT molecular complexity index is 1130. The van der Waals surface area contributed by atoms with Crippen LogP contribution >= 0.6 is 0 Å². The van der Waals surface area contributed by atoms with E-state index in [-0.39, 0.29) is 17.9 Å². The molecule has 2 heterocycles. The molecule has 0 spiro atoms. The molecule has 2 aliphatic rings. The zero-order valence-electron chi connectivity index (χ0n) is 21.5. The number of methoxy groups -OCH3 is 1. The molecule has 1 amide bonds. The summed E-state index contributed by atoms with van der Waals surface area (Å²) in [5, 5.41) is 0. The molecule has 0 N–H and O–H groups in total. The van der Waals surface area contributed by atoms with E-state index in [2.05, 4.69) is 35.2 Å². The Balaban J connectivity index is 1.37. The number of piperidine rings is 2. The average molecular weight is 497 g/mol. The minimum atomic E-state index is -0.580. The quantitative estimate of drug-likeness (QED) is 0.439. The molecule has 0 aromatic heterocycles. The molecule has 5 rings (SSSR count). The van der Waals surface area contributed by atoms with Gasteiger partial charge in [-0.05, 0) is 54.8 Å². The van der Waals surface area contributed by atoms with Crippen LogP contribution in [0.2, 0.25) is 0 Å². The van der Waals surface area contributed by atoms with Gasteiger partial charge in [-0.3, -0.25) is 9.69 Å². The lowest BCUT2D eigenvalue weighted by molar-refractivity contribution is -0.156. The second-order valence-electron chi connectivity index (χ2n) is 10.2. The van der Waals surface area contributed by atoms with Crippen molar-refractivity contribution in [3.8, 4) is 0 Å². The third kappa shape index (κ3) is 5.62. The number of likely N-dealkylation sites (tertiary alicyclic amines) is 2. The average Bonchev–Trinajstić information content (AvgIpc) is 2.98. The van der Waals surface area contributed by atoms with Gasteiger partial charge in [0.1, 0.15) is 6.04 Å². The van der Waals surface area contributed by atoms with E-state index in [0.717, 1.165) is 37.1 Å². The first kappa shape index (κ1) is 25.2. The lowest BCUT2D eigenvalue weighted by Crippen LogP contribution is -2.57. The van der Waals surface area contributed by atoms with Crippen LogP contribution in [-0.4, -0.2) is 60.5 Å². The maximum atomic E-state index is 14.2. The molecule has 3 aromatic rings. The summed E-state index contributed by atoms with van der Waals surface area (Å²) in [5.74, 6) is -0.308. The number of carbonyl (C=O) groups excluding carboxylic acids is 2. The van der Waals surface area contributed by atoms with Crippen LogP contribution in [0.1, 0.15) is 54.2 Å². The number of ether oxygens (including phenoxy) is 1. The zero-order chi connectivity index (χ0) is 25.6. The van der Waals surface area contributed by atoms with Gasteiger partial charge in [-0.2, -0.15) is 0 Å². The van der Waals surface area contributed by atoms with Crippen molar-refractivity contribution >= 4 is 11.9 Å². The fraction of sp³-hybridized carbons (Fsp3) is 0.375. The van der Waals surface area contributed by atoms with Crippen molar-refractivity contribution in [2.24, 2.45) is 0 Å². The maximum absolute atomic E-state index is 14.2. The van der Waals surface area contributed by atoms with E-state index < -0.39 is 12.0 Å². The number of amides is 1. The van der Waals surface area contributed by atoms with Gasteiger partial charge in [-0.25, -0.2) is 4.79 Å². The highest BCUT2D eigenvalue weighted by atomic mass is 16.5. The van der Waals surface area contributed by atoms with E-state index >= 15 is 0 Å². The first-order valence-electron chi connectivity index (χ1n) is 13.4. The van der Waals surface area contributed by atoms with Gasteiger partial charge in [-0.15, -0.1) is 0 Å². The molecule has 2 fully saturated rings. The molecule has 2 aliphatic heterocycles. The second kappa shape index (κ2) is 11.7. The molecule has 37 heavy (non-hydrogen) atoms. The summed E-state index contributed by atoms with van der Waals surface area (Å²) >= 11 is 0. The van der Waals surface area contributed by atoms with E-state index in [1.54, 1.807) is 4.90 Å². The Labute approximate surface area is 220 Å². The van der Waals surface area contributed by atoms with Crippen molar-refractivity contribution in [1.29, 1.82) is 0 Å². The van der Waals surface area contributed by atoms with Gasteiger partial charge >= 0.3 is 5.97 Å². The monoisotopic (exact) mass is 496 g/mol. The number of benzene rings is 3. The lowest BCUT2D eigenvalue weighted by Gasteiger charge is -2.45. The Morgan fingerprint density at radius 3 is 2.00 bits per heavy atom. The van der Waals surface area contributed by atoms with Crippen molar-refractivity contribution in [2.75, 3.05) is 26.7 Å². The van der Waals surface area contributed by atoms with Gasteiger partial charge < -0.3 is 9.64 Å². The Kier molecular flexibility index (Phi) is 8.00. The van der Waals surface area contributed by atoms with Gasteiger partial charge in [0.15, 0.2) is 0 Å². The Morgan fingerprint density at radius 2 is 1.41 bits per heavy atom. The molecule has 5 heteroatoms. The van der Waals surface area contributed by atoms with Crippen LogP contribution in [-0.2, 0) is 14.3 Å². The molecule has 192 valence electrons. The SMILES string of the molecule is COC(=O)C1C[C@@H](N2CCC[C@@H](c3ccccc3)C2)CCN1C(=O)C(c1ccccc1)c1ccccc1. The van der Waals surface area contributed by atoms with Gasteiger partial charge in [0.05, 0.1) is 13.0 Å². The van der Waals surface area contributed by atoms with Crippen LogP contribution in [0.3, 0.4) is 0 Å². The number of hydrogen-bond acceptors (Lipinski definition) is 4. The highest BCUT2D eigenvalue weighted by molar-refractivity contribution is 5.91. The number of hydrogen-bond donors (Lipinski definition) is 0. The summed E-state index contributed by atoms with van der Waals surface area (Å²) in [4.78, 5) is 31.5. The highest BCUT2D eigenvalue weighted by Crippen LogP contribution is 2.34. The molecule has 3 atom stereocenters. The first-order valence-corrected chi connectivity index (χ1v) is 13.4. The molecule has 0 aliphatic carbocycles. The summed E-state index contributed by atoms with van der Waals surface area (Å²) in [5.41, 5.74) is 3.26.